The first-order valence-electron chi connectivity index (χ1n) is 24.2. The van der Waals surface area contributed by atoms with E-state index in [1.165, 1.54) is 88.6 Å². The van der Waals surface area contributed by atoms with Crippen LogP contribution in [0.15, 0.2) is 66.7 Å². The van der Waals surface area contributed by atoms with E-state index >= 15 is 0 Å². The summed E-state index contributed by atoms with van der Waals surface area (Å²) in [6, 6.07) is 21.6. The van der Waals surface area contributed by atoms with Crippen LogP contribution in [0.1, 0.15) is 76.3 Å². The number of nitrogens with one attached hydrogen (secondary N) is 4. The van der Waals surface area contributed by atoms with E-state index in [0.717, 1.165) is 82.2 Å². The molecule has 6 atom stereocenters. The smallest absolute Gasteiger partial charge is 0.322 e. The molecule has 4 saturated carbocycles. The molecule has 352 valence electrons. The van der Waals surface area contributed by atoms with Crippen molar-refractivity contribution in [2.24, 2.45) is 11.8 Å². The lowest BCUT2D eigenvalue weighted by Gasteiger charge is -2.34. The molecule has 3 aromatic carbocycles. The number of nitrogens with zero attached hydrogens (tertiary/aromatic N) is 5. The molecule has 0 bridgehead atoms. The Morgan fingerprint density at radius 1 is 0.692 bits per heavy atom. The molecule has 2 saturated heterocycles. The Kier molecular flexibility index (Phi) is 15.2. The molecule has 2 aliphatic heterocycles. The molecule has 12 nitrogen and oxygen atoms in total. The first-order valence-corrected chi connectivity index (χ1v) is 24.5. The third-order valence-electron chi connectivity index (χ3n) is 15.5. The molecular formula is C51H71ClFN9O3. The first-order chi connectivity index (χ1) is 31.3. The van der Waals surface area contributed by atoms with Crippen molar-refractivity contribution in [1.29, 1.82) is 0 Å². The molecule has 0 radical (unpaired) electrons. The molecule has 65 heavy (non-hydrogen) atoms. The molecule has 14 heteroatoms. The Hall–Kier alpha value is -4.11. The molecule has 6 aliphatic rings. The predicted molar refractivity (Wildman–Crippen MR) is 259 cm³/mol. The fraction of sp³-hybridized carbons (Fsp3) is 0.588. The van der Waals surface area contributed by atoms with Crippen molar-refractivity contribution < 1.29 is 18.8 Å². The number of piperazine rings is 2. The molecule has 9 rings (SSSR count). The van der Waals surface area contributed by atoms with Crippen molar-refractivity contribution in [2.45, 2.75) is 88.1 Å². The molecule has 6 fully saturated rings. The predicted octanol–water partition coefficient (Wildman–Crippen LogP) is 7.32. The number of halogens is 2. The number of anilines is 3. The third kappa shape index (κ3) is 11.5. The van der Waals surface area contributed by atoms with Gasteiger partial charge in [0.15, 0.2) is 0 Å². The van der Waals surface area contributed by atoms with Crippen molar-refractivity contribution in [3.05, 3.63) is 88.7 Å². The molecule has 0 aromatic heterocycles. The SMILES string of the molecule is CC(=O)Nc1cccc([C@]23CC[C@@H](N(CCCN4CCN(C)CC4)C(=O)Nc4ccc(F)c(Cl)c4)[C@H]2C3)c1.CC(=O)Nc1cccc([C@]23CC[C@@H](NCCCN4CCN(C)CC4)[C@H]2C3)c1. The zero-order valence-corrected chi connectivity index (χ0v) is 39.8. The maximum atomic E-state index is 13.7. The number of hydrogen-bond donors (Lipinski definition) is 4. The highest BCUT2D eigenvalue weighted by Gasteiger charge is 2.64. The summed E-state index contributed by atoms with van der Waals surface area (Å²) < 4.78 is 13.7. The summed E-state index contributed by atoms with van der Waals surface area (Å²) in [5, 5.41) is 12.6. The minimum absolute atomic E-state index is 0.00307. The second-order valence-corrected chi connectivity index (χ2v) is 20.3. The van der Waals surface area contributed by atoms with Gasteiger partial charge < -0.3 is 45.8 Å². The van der Waals surface area contributed by atoms with E-state index < -0.39 is 5.82 Å². The van der Waals surface area contributed by atoms with Crippen molar-refractivity contribution in [3.8, 4) is 0 Å². The van der Waals surface area contributed by atoms with Gasteiger partial charge in [0.2, 0.25) is 11.8 Å². The highest BCUT2D eigenvalue weighted by atomic mass is 35.5. The van der Waals surface area contributed by atoms with E-state index in [0.29, 0.717) is 29.6 Å². The van der Waals surface area contributed by atoms with Gasteiger partial charge in [-0.2, -0.15) is 0 Å². The Bertz CT molecular complexity index is 2150. The van der Waals surface area contributed by atoms with Gasteiger partial charge in [-0.1, -0.05) is 35.9 Å². The number of amides is 4. The molecule has 4 N–H and O–H groups in total. The average molecular weight is 913 g/mol. The average Bonchev–Trinajstić information content (AvgIpc) is 4.13. The van der Waals surface area contributed by atoms with Gasteiger partial charge >= 0.3 is 6.03 Å². The Balaban J connectivity index is 0.000000188. The number of benzene rings is 3. The van der Waals surface area contributed by atoms with Crippen LogP contribution in [-0.4, -0.2) is 147 Å². The monoisotopic (exact) mass is 912 g/mol. The topological polar surface area (TPSA) is 116 Å². The largest absolute Gasteiger partial charge is 0.326 e. The number of hydrogen-bond acceptors (Lipinski definition) is 8. The molecular weight excluding hydrogens is 841 g/mol. The molecule has 4 amide bonds. The molecule has 2 heterocycles. The normalized spacial score (nSPS) is 27.5. The third-order valence-corrected chi connectivity index (χ3v) is 15.8. The first kappa shape index (κ1) is 47.4. The summed E-state index contributed by atoms with van der Waals surface area (Å²) in [4.78, 5) is 48.4. The summed E-state index contributed by atoms with van der Waals surface area (Å²) in [5.41, 5.74) is 5.31. The van der Waals surface area contributed by atoms with Crippen molar-refractivity contribution in [1.82, 2.24) is 29.8 Å². The van der Waals surface area contributed by atoms with Crippen LogP contribution in [0, 0.1) is 17.7 Å². The van der Waals surface area contributed by atoms with Crippen LogP contribution in [0.2, 0.25) is 5.02 Å². The Morgan fingerprint density at radius 2 is 1.23 bits per heavy atom. The van der Waals surface area contributed by atoms with Gasteiger partial charge in [0.25, 0.3) is 0 Å². The van der Waals surface area contributed by atoms with Crippen LogP contribution in [-0.2, 0) is 20.4 Å². The van der Waals surface area contributed by atoms with Crippen molar-refractivity contribution >= 4 is 46.5 Å². The van der Waals surface area contributed by atoms with Crippen molar-refractivity contribution in [3.63, 3.8) is 0 Å². The number of urea groups is 1. The second-order valence-electron chi connectivity index (χ2n) is 19.9. The summed E-state index contributed by atoms with van der Waals surface area (Å²) in [6.07, 6.45) is 8.98. The molecule has 0 unspecified atom stereocenters. The van der Waals surface area contributed by atoms with Crippen LogP contribution in [0.25, 0.3) is 0 Å². The van der Waals surface area contributed by atoms with Gasteiger partial charge in [-0.3, -0.25) is 9.59 Å². The highest BCUT2D eigenvalue weighted by molar-refractivity contribution is 6.31. The zero-order valence-electron chi connectivity index (χ0n) is 39.0. The second kappa shape index (κ2) is 20.8. The standard InChI is InChI=1S/C29H37ClFN5O2.C22H34N4O/c1-20(37)32-22-6-3-5-21(17-22)29-10-9-27(24(29)19-29)36(12-4-11-35-15-13-34(2)14-16-35)28(38)33-23-7-8-26(31)25(30)18-23;1-17(27)24-19-6-3-5-18(15-19)22-8-7-21(20(22)16-22)23-9-4-10-26-13-11-25(2)12-14-26/h3,5-8,17-18,24,27H,4,9-16,19H2,1-2H3,(H,32,37)(H,33,38);3,5-6,15,20-21,23H,4,7-14,16H2,1-2H3,(H,24,27)/t24-,27-,29-;20-,21-,22-/m11/s1. The lowest BCUT2D eigenvalue weighted by molar-refractivity contribution is -0.115. The number of likely N-dealkylation sites (N-methyl/N-ethyl adjacent to an activating group) is 2. The van der Waals surface area contributed by atoms with Gasteiger partial charge in [-0.15, -0.1) is 0 Å². The van der Waals surface area contributed by atoms with Gasteiger partial charge in [-0.05, 0) is 151 Å². The number of rotatable bonds is 15. The van der Waals surface area contributed by atoms with E-state index in [9.17, 15) is 18.8 Å². The minimum Gasteiger partial charge on any atom is -0.326 e. The van der Waals surface area contributed by atoms with Crippen LogP contribution in [0.4, 0.5) is 26.2 Å². The quantitative estimate of drug-likeness (QED) is 0.117. The van der Waals surface area contributed by atoms with Crippen LogP contribution < -0.4 is 21.3 Å². The van der Waals surface area contributed by atoms with E-state index in [2.05, 4.69) is 85.3 Å². The Labute approximate surface area is 391 Å². The van der Waals surface area contributed by atoms with Crippen LogP contribution in [0.3, 0.4) is 0 Å². The van der Waals surface area contributed by atoms with Crippen LogP contribution in [0.5, 0.6) is 0 Å². The number of carbonyl (C=O) groups is 3. The number of carbonyl (C=O) groups excluding carboxylic acids is 3. The van der Waals surface area contributed by atoms with Crippen molar-refractivity contribution in [2.75, 3.05) is 109 Å². The Morgan fingerprint density at radius 3 is 1.78 bits per heavy atom. The highest BCUT2D eigenvalue weighted by Crippen LogP contribution is 2.66. The molecule has 4 aliphatic carbocycles. The van der Waals surface area contributed by atoms with Gasteiger partial charge in [0.1, 0.15) is 5.82 Å². The molecule has 3 aromatic rings. The van der Waals surface area contributed by atoms with Crippen LogP contribution >= 0.6 is 11.6 Å². The van der Waals surface area contributed by atoms with E-state index in [4.69, 9.17) is 11.6 Å². The zero-order chi connectivity index (χ0) is 45.7. The lowest BCUT2D eigenvalue weighted by atomic mass is 9.93. The van der Waals surface area contributed by atoms with Gasteiger partial charge in [-0.25, -0.2) is 9.18 Å². The lowest BCUT2D eigenvalue weighted by Crippen LogP contribution is -2.47. The number of fused-ring (bicyclic) bond motifs is 2. The minimum atomic E-state index is -0.506. The summed E-state index contributed by atoms with van der Waals surface area (Å²) in [5.74, 6) is 0.562. The maximum absolute atomic E-state index is 13.7. The summed E-state index contributed by atoms with van der Waals surface area (Å²) >= 11 is 5.97. The van der Waals surface area contributed by atoms with E-state index in [1.54, 1.807) is 13.0 Å². The fourth-order valence-electron chi connectivity index (χ4n) is 11.7. The van der Waals surface area contributed by atoms with E-state index in [-0.39, 0.29) is 34.3 Å². The molecule has 0 spiro atoms. The fourth-order valence-corrected chi connectivity index (χ4v) is 11.8. The van der Waals surface area contributed by atoms with E-state index in [1.807, 2.05) is 23.1 Å². The summed E-state index contributed by atoms with van der Waals surface area (Å²) in [6.45, 7) is 16.2. The van der Waals surface area contributed by atoms with Gasteiger partial charge in [0, 0.05) is 113 Å². The summed E-state index contributed by atoms with van der Waals surface area (Å²) in [7, 11) is 4.37. The maximum Gasteiger partial charge on any atom is 0.322 e. The van der Waals surface area contributed by atoms with Gasteiger partial charge in [0.05, 0.1) is 5.02 Å².